The normalized spacial score (nSPS) is 10.8. The summed E-state index contributed by atoms with van der Waals surface area (Å²) in [4.78, 5) is 12.2. The van der Waals surface area contributed by atoms with Crippen molar-refractivity contribution >= 4 is 17.7 Å². The molecule has 0 aliphatic heterocycles. The summed E-state index contributed by atoms with van der Waals surface area (Å²) in [5.74, 6) is -0.265. The summed E-state index contributed by atoms with van der Waals surface area (Å²) >= 11 is 0. The second kappa shape index (κ2) is 8.49. The maximum atomic E-state index is 12.9. The maximum absolute atomic E-state index is 12.9. The van der Waals surface area contributed by atoms with E-state index in [9.17, 15) is 14.4 Å². The molecule has 2 rings (SSSR count). The fraction of sp³-hybridized carbons (Fsp3) is 0.158. The van der Waals surface area contributed by atoms with Crippen LogP contribution in [0.2, 0.25) is 0 Å². The molecule has 0 heterocycles. The molecule has 0 saturated heterocycles. The smallest absolute Gasteiger partial charge is 0.266 e. The van der Waals surface area contributed by atoms with Crippen LogP contribution in [-0.2, 0) is 4.79 Å². The number of ether oxygens (including phenoxy) is 1. The van der Waals surface area contributed by atoms with E-state index in [-0.39, 0.29) is 5.57 Å². The average molecular weight is 324 g/mol. The third kappa shape index (κ3) is 4.96. The first-order chi connectivity index (χ1) is 11.6. The van der Waals surface area contributed by atoms with Gasteiger partial charge < -0.3 is 10.1 Å². The van der Waals surface area contributed by atoms with Crippen molar-refractivity contribution < 1.29 is 13.9 Å². The number of benzene rings is 2. The molecule has 122 valence electrons. The Labute approximate surface area is 140 Å². The Balaban J connectivity index is 2.14. The van der Waals surface area contributed by atoms with E-state index >= 15 is 0 Å². The summed E-state index contributed by atoms with van der Waals surface area (Å²) < 4.78 is 18.4. The summed E-state index contributed by atoms with van der Waals surface area (Å²) in [6.45, 7) is 2.61. The second-order valence-electron chi connectivity index (χ2n) is 5.05. The van der Waals surface area contributed by atoms with Crippen molar-refractivity contribution in [3.63, 3.8) is 0 Å². The zero-order chi connectivity index (χ0) is 17.4. The Morgan fingerprint density at radius 3 is 2.71 bits per heavy atom. The van der Waals surface area contributed by atoms with Crippen molar-refractivity contribution in [2.45, 2.75) is 13.3 Å². The molecule has 0 aromatic heterocycles. The van der Waals surface area contributed by atoms with Gasteiger partial charge in [-0.15, -0.1) is 0 Å². The van der Waals surface area contributed by atoms with Crippen molar-refractivity contribution in [3.05, 3.63) is 65.5 Å². The zero-order valence-corrected chi connectivity index (χ0v) is 13.3. The lowest BCUT2D eigenvalue weighted by Gasteiger charge is -2.06. The van der Waals surface area contributed by atoms with Crippen LogP contribution in [-0.4, -0.2) is 12.5 Å². The Hall–Kier alpha value is -3.13. The molecule has 2 aromatic carbocycles. The lowest BCUT2D eigenvalue weighted by molar-refractivity contribution is -0.112. The number of hydrogen-bond donors (Lipinski definition) is 1. The summed E-state index contributed by atoms with van der Waals surface area (Å²) in [5, 5.41) is 11.8. The first-order valence-corrected chi connectivity index (χ1v) is 7.54. The van der Waals surface area contributed by atoms with Crippen LogP contribution in [0.5, 0.6) is 5.75 Å². The third-order valence-electron chi connectivity index (χ3n) is 3.11. The molecule has 4 nitrogen and oxygen atoms in total. The van der Waals surface area contributed by atoms with Crippen molar-refractivity contribution in [1.29, 1.82) is 5.26 Å². The van der Waals surface area contributed by atoms with Crippen molar-refractivity contribution in [3.8, 4) is 11.8 Å². The molecule has 0 spiro atoms. The van der Waals surface area contributed by atoms with Gasteiger partial charge >= 0.3 is 0 Å². The van der Waals surface area contributed by atoms with E-state index in [1.807, 2.05) is 19.1 Å². The molecular formula is C19H17FN2O2. The standard InChI is InChI=1S/C19H17FN2O2/c1-2-10-24-18-5-3-4-14(12-18)11-15(13-21)19(23)22-17-8-6-16(20)7-9-17/h3-9,11-12H,2,10H2,1H3,(H,22,23)/b15-11-. The molecule has 5 heteroatoms. The summed E-state index contributed by atoms with van der Waals surface area (Å²) in [7, 11) is 0. The van der Waals surface area contributed by atoms with Crippen LogP contribution in [0.3, 0.4) is 0 Å². The van der Waals surface area contributed by atoms with Gasteiger partial charge in [0.1, 0.15) is 23.2 Å². The van der Waals surface area contributed by atoms with E-state index in [0.717, 1.165) is 6.42 Å². The molecule has 0 radical (unpaired) electrons. The summed E-state index contributed by atoms with van der Waals surface area (Å²) in [5.41, 5.74) is 1.06. The van der Waals surface area contributed by atoms with Crippen LogP contribution < -0.4 is 10.1 Å². The molecule has 0 fully saturated rings. The molecule has 0 atom stereocenters. The van der Waals surface area contributed by atoms with Crippen LogP contribution >= 0.6 is 0 Å². The Morgan fingerprint density at radius 1 is 1.29 bits per heavy atom. The highest BCUT2D eigenvalue weighted by Gasteiger charge is 2.10. The monoisotopic (exact) mass is 324 g/mol. The second-order valence-corrected chi connectivity index (χ2v) is 5.05. The predicted octanol–water partition coefficient (Wildman–Crippen LogP) is 4.16. The van der Waals surface area contributed by atoms with E-state index < -0.39 is 11.7 Å². The lowest BCUT2D eigenvalue weighted by atomic mass is 10.1. The molecule has 1 N–H and O–H groups in total. The maximum Gasteiger partial charge on any atom is 0.266 e. The van der Waals surface area contributed by atoms with Gasteiger partial charge in [0.2, 0.25) is 0 Å². The first kappa shape index (κ1) is 17.2. The predicted molar refractivity (Wildman–Crippen MR) is 90.8 cm³/mol. The van der Waals surface area contributed by atoms with E-state index in [1.165, 1.54) is 30.3 Å². The van der Waals surface area contributed by atoms with Gasteiger partial charge in [-0.1, -0.05) is 19.1 Å². The summed E-state index contributed by atoms with van der Waals surface area (Å²) in [6, 6.07) is 14.4. The molecular weight excluding hydrogens is 307 g/mol. The van der Waals surface area contributed by atoms with Crippen molar-refractivity contribution in [2.24, 2.45) is 0 Å². The number of anilines is 1. The number of rotatable bonds is 6. The molecule has 2 aromatic rings. The average Bonchev–Trinajstić information content (AvgIpc) is 2.60. The zero-order valence-electron chi connectivity index (χ0n) is 13.3. The number of nitrogens with zero attached hydrogens (tertiary/aromatic N) is 1. The van der Waals surface area contributed by atoms with Crippen LogP contribution in [0.1, 0.15) is 18.9 Å². The fourth-order valence-electron chi connectivity index (χ4n) is 1.96. The van der Waals surface area contributed by atoms with Gasteiger partial charge in [0.25, 0.3) is 5.91 Å². The Morgan fingerprint density at radius 2 is 2.04 bits per heavy atom. The fourth-order valence-corrected chi connectivity index (χ4v) is 1.96. The van der Waals surface area contributed by atoms with Gasteiger partial charge in [0.15, 0.2) is 0 Å². The molecule has 0 aliphatic rings. The SMILES string of the molecule is CCCOc1cccc(/C=C(/C#N)C(=O)Nc2ccc(F)cc2)c1. The van der Waals surface area contributed by atoms with Crippen molar-refractivity contribution in [2.75, 3.05) is 11.9 Å². The van der Waals surface area contributed by atoms with Crippen LogP contribution in [0, 0.1) is 17.1 Å². The first-order valence-electron chi connectivity index (χ1n) is 7.54. The Bertz CT molecular complexity index is 777. The molecule has 0 aliphatic carbocycles. The third-order valence-corrected chi connectivity index (χ3v) is 3.11. The van der Waals surface area contributed by atoms with E-state index in [1.54, 1.807) is 18.2 Å². The lowest BCUT2D eigenvalue weighted by Crippen LogP contribution is -2.13. The number of carbonyl (C=O) groups excluding carboxylic acids is 1. The quantitative estimate of drug-likeness (QED) is 0.641. The van der Waals surface area contributed by atoms with Gasteiger partial charge in [-0.25, -0.2) is 4.39 Å². The topological polar surface area (TPSA) is 62.1 Å². The van der Waals surface area contributed by atoms with Crippen molar-refractivity contribution in [1.82, 2.24) is 0 Å². The summed E-state index contributed by atoms with van der Waals surface area (Å²) in [6.07, 6.45) is 2.38. The number of carbonyl (C=O) groups is 1. The number of hydrogen-bond acceptors (Lipinski definition) is 3. The highest BCUT2D eigenvalue weighted by Crippen LogP contribution is 2.17. The van der Waals surface area contributed by atoms with E-state index in [4.69, 9.17) is 4.74 Å². The van der Waals surface area contributed by atoms with Crippen LogP contribution in [0.15, 0.2) is 54.1 Å². The molecule has 1 amide bonds. The number of halogens is 1. The molecule has 0 saturated carbocycles. The highest BCUT2D eigenvalue weighted by atomic mass is 19.1. The van der Waals surface area contributed by atoms with Crippen LogP contribution in [0.25, 0.3) is 6.08 Å². The minimum atomic E-state index is -0.552. The molecule has 24 heavy (non-hydrogen) atoms. The number of nitriles is 1. The van der Waals surface area contributed by atoms with Gasteiger partial charge in [-0.05, 0) is 54.5 Å². The minimum absolute atomic E-state index is 0.0491. The minimum Gasteiger partial charge on any atom is -0.494 e. The largest absolute Gasteiger partial charge is 0.494 e. The molecule has 0 bridgehead atoms. The van der Waals surface area contributed by atoms with E-state index in [2.05, 4.69) is 5.32 Å². The van der Waals surface area contributed by atoms with Gasteiger partial charge in [-0.2, -0.15) is 5.26 Å². The number of nitrogens with one attached hydrogen (secondary N) is 1. The van der Waals surface area contributed by atoms with Gasteiger partial charge in [-0.3, -0.25) is 4.79 Å². The van der Waals surface area contributed by atoms with E-state index in [0.29, 0.717) is 23.6 Å². The van der Waals surface area contributed by atoms with Gasteiger partial charge in [0, 0.05) is 5.69 Å². The Kier molecular flexibility index (Phi) is 6.09. The van der Waals surface area contributed by atoms with Crippen LogP contribution in [0.4, 0.5) is 10.1 Å². The van der Waals surface area contributed by atoms with Gasteiger partial charge in [0.05, 0.1) is 6.61 Å². The number of amides is 1. The molecule has 0 unspecified atom stereocenters. The highest BCUT2D eigenvalue weighted by molar-refractivity contribution is 6.09.